The highest BCUT2D eigenvalue weighted by Gasteiger charge is 2.08. The monoisotopic (exact) mass is 300 g/mol. The van der Waals surface area contributed by atoms with Gasteiger partial charge in [0.1, 0.15) is 0 Å². The first-order valence-corrected chi connectivity index (χ1v) is 6.29. The van der Waals surface area contributed by atoms with E-state index in [-0.39, 0.29) is 6.04 Å². The summed E-state index contributed by atoms with van der Waals surface area (Å²) in [5, 5.41) is 25.6. The Morgan fingerprint density at radius 2 is 1.52 bits per heavy atom. The molecule has 21 heavy (non-hydrogen) atoms. The number of nitrogens with zero attached hydrogens (tertiary/aromatic N) is 1. The van der Waals surface area contributed by atoms with E-state index in [1.807, 2.05) is 37.3 Å². The number of carboxylic acid groups (broad SMARTS) is 2. The van der Waals surface area contributed by atoms with Gasteiger partial charge in [-0.1, -0.05) is 30.3 Å². The van der Waals surface area contributed by atoms with Gasteiger partial charge in [0, 0.05) is 33.0 Å². The molecule has 0 fully saturated rings. The highest BCUT2D eigenvalue weighted by molar-refractivity contribution is 5.63. The number of carboxylic acids is 2. The maximum absolute atomic E-state index is 9.52. The Bertz CT molecular complexity index is 378. The molecule has 0 aliphatic heterocycles. The minimum atomic E-state index is -0.833. The van der Waals surface area contributed by atoms with E-state index in [4.69, 9.17) is 25.5 Å². The maximum atomic E-state index is 9.52. The van der Waals surface area contributed by atoms with Crippen molar-refractivity contribution < 1.29 is 25.0 Å². The van der Waals surface area contributed by atoms with Crippen molar-refractivity contribution >= 4 is 11.9 Å². The zero-order chi connectivity index (χ0) is 16.8. The van der Waals surface area contributed by atoms with Gasteiger partial charge in [-0.15, -0.1) is 0 Å². The second kappa shape index (κ2) is 13.0. The molecule has 120 valence electrons. The molecule has 0 aromatic heterocycles. The Kier molecular flexibility index (Phi) is 13.3. The van der Waals surface area contributed by atoms with Crippen LogP contribution in [0.1, 0.15) is 26.3 Å². The number of aliphatic carboxylic acids is 2. The molecule has 7 nitrogen and oxygen atoms in total. The highest BCUT2D eigenvalue weighted by Crippen LogP contribution is 2.04. The van der Waals surface area contributed by atoms with Gasteiger partial charge in [-0.05, 0) is 12.5 Å². The van der Waals surface area contributed by atoms with Crippen molar-refractivity contribution in [3.8, 4) is 0 Å². The summed E-state index contributed by atoms with van der Waals surface area (Å²) in [5.41, 5.74) is 6.51. The highest BCUT2D eigenvalue weighted by atomic mass is 16.5. The molecule has 0 bridgehead atoms. The normalized spacial score (nSPS) is 10.6. The third-order valence-corrected chi connectivity index (χ3v) is 2.04. The molecule has 0 aliphatic rings. The summed E-state index contributed by atoms with van der Waals surface area (Å²) in [6, 6.07) is 9.82. The van der Waals surface area contributed by atoms with Gasteiger partial charge in [0.2, 0.25) is 0 Å². The van der Waals surface area contributed by atoms with Crippen LogP contribution in [0, 0.1) is 0 Å². The van der Waals surface area contributed by atoms with Gasteiger partial charge >= 0.3 is 0 Å². The first kappa shape index (κ1) is 21.3. The Labute approximate surface area is 124 Å². The van der Waals surface area contributed by atoms with E-state index >= 15 is 0 Å². The lowest BCUT2D eigenvalue weighted by Crippen LogP contribution is -2.35. The summed E-state index contributed by atoms with van der Waals surface area (Å²) in [5.74, 6) is -1.67. The molecule has 0 spiro atoms. The second-order valence-electron chi connectivity index (χ2n) is 4.21. The summed E-state index contributed by atoms with van der Waals surface area (Å²) in [6.45, 7) is 5.05. The van der Waals surface area contributed by atoms with E-state index in [0.29, 0.717) is 13.1 Å². The third kappa shape index (κ3) is 18.0. The molecule has 0 aliphatic carbocycles. The molecule has 1 atom stereocenters. The number of rotatable bonds is 4. The standard InChI is InChI=1S/C10H16N2O.2C2H4O2/c1-9(7-11)12(13)8-10-5-3-2-4-6-10;2*1-2(3)4/h2-6,9,13H,7-8,11H2,1H3;2*1H3,(H,3,4). The predicted molar refractivity (Wildman–Crippen MR) is 78.9 cm³/mol. The molecule has 1 rings (SSSR count). The zero-order valence-corrected chi connectivity index (χ0v) is 12.6. The SMILES string of the molecule is CC(=O)O.CC(=O)O.CC(CN)N(O)Cc1ccccc1. The van der Waals surface area contributed by atoms with Crippen molar-refractivity contribution in [2.24, 2.45) is 5.73 Å². The number of benzene rings is 1. The molecule has 0 saturated heterocycles. The van der Waals surface area contributed by atoms with Gasteiger partial charge < -0.3 is 21.2 Å². The molecule has 1 aromatic carbocycles. The van der Waals surface area contributed by atoms with Gasteiger partial charge in [-0.2, -0.15) is 5.06 Å². The fraction of sp³-hybridized carbons (Fsp3) is 0.429. The Balaban J connectivity index is 0. The average Bonchev–Trinajstić information content (AvgIpc) is 2.37. The van der Waals surface area contributed by atoms with Crippen molar-refractivity contribution in [3.05, 3.63) is 35.9 Å². The summed E-state index contributed by atoms with van der Waals surface area (Å²) >= 11 is 0. The van der Waals surface area contributed by atoms with Gasteiger partial charge in [-0.25, -0.2) is 0 Å². The quantitative estimate of drug-likeness (QED) is 0.619. The summed E-state index contributed by atoms with van der Waals surface area (Å²) < 4.78 is 0. The van der Waals surface area contributed by atoms with Crippen molar-refractivity contribution in [1.82, 2.24) is 5.06 Å². The molecule has 1 aromatic rings. The molecular formula is C14H24N2O5. The fourth-order valence-corrected chi connectivity index (χ4v) is 1.05. The van der Waals surface area contributed by atoms with Gasteiger partial charge in [0.05, 0.1) is 0 Å². The van der Waals surface area contributed by atoms with E-state index in [0.717, 1.165) is 19.4 Å². The number of nitrogens with two attached hydrogens (primary N) is 1. The van der Waals surface area contributed by atoms with Crippen molar-refractivity contribution in [2.75, 3.05) is 6.54 Å². The Hall–Kier alpha value is -1.96. The molecule has 5 N–H and O–H groups in total. The van der Waals surface area contributed by atoms with Gasteiger partial charge in [-0.3, -0.25) is 9.59 Å². The zero-order valence-electron chi connectivity index (χ0n) is 12.6. The van der Waals surface area contributed by atoms with Gasteiger partial charge in [0.15, 0.2) is 0 Å². The maximum Gasteiger partial charge on any atom is 0.300 e. The molecule has 0 radical (unpaired) electrons. The lowest BCUT2D eigenvalue weighted by atomic mass is 10.2. The van der Waals surface area contributed by atoms with Crippen LogP contribution in [0.2, 0.25) is 0 Å². The topological polar surface area (TPSA) is 124 Å². The van der Waals surface area contributed by atoms with Crippen LogP contribution in [0.5, 0.6) is 0 Å². The van der Waals surface area contributed by atoms with Crippen LogP contribution in [0.3, 0.4) is 0 Å². The Morgan fingerprint density at radius 3 is 1.86 bits per heavy atom. The minimum absolute atomic E-state index is 0.000191. The molecule has 7 heteroatoms. The number of hydroxylamine groups is 2. The summed E-state index contributed by atoms with van der Waals surface area (Å²) in [4.78, 5) is 18.0. The third-order valence-electron chi connectivity index (χ3n) is 2.04. The second-order valence-corrected chi connectivity index (χ2v) is 4.21. The number of hydrogen-bond donors (Lipinski definition) is 4. The van der Waals surface area contributed by atoms with E-state index in [2.05, 4.69) is 0 Å². The minimum Gasteiger partial charge on any atom is -0.481 e. The first-order chi connectivity index (χ1) is 9.70. The van der Waals surface area contributed by atoms with Crippen molar-refractivity contribution in [1.29, 1.82) is 0 Å². The van der Waals surface area contributed by atoms with Gasteiger partial charge in [0.25, 0.3) is 11.9 Å². The van der Waals surface area contributed by atoms with E-state index in [1.54, 1.807) is 0 Å². The molecule has 1 unspecified atom stereocenters. The summed E-state index contributed by atoms with van der Waals surface area (Å²) in [6.07, 6.45) is 0. The number of hydrogen-bond acceptors (Lipinski definition) is 5. The van der Waals surface area contributed by atoms with E-state index in [9.17, 15) is 5.21 Å². The van der Waals surface area contributed by atoms with Crippen LogP contribution in [0.4, 0.5) is 0 Å². The summed E-state index contributed by atoms with van der Waals surface area (Å²) in [7, 11) is 0. The smallest absolute Gasteiger partial charge is 0.300 e. The molecule has 0 heterocycles. The first-order valence-electron chi connectivity index (χ1n) is 6.29. The van der Waals surface area contributed by atoms with Crippen LogP contribution in [-0.4, -0.2) is 45.0 Å². The molecule has 0 saturated carbocycles. The van der Waals surface area contributed by atoms with Crippen LogP contribution in [0.15, 0.2) is 30.3 Å². The van der Waals surface area contributed by atoms with Crippen LogP contribution in [0.25, 0.3) is 0 Å². The Morgan fingerprint density at radius 1 is 1.14 bits per heavy atom. The fourth-order valence-electron chi connectivity index (χ4n) is 1.05. The average molecular weight is 300 g/mol. The van der Waals surface area contributed by atoms with Crippen LogP contribution >= 0.6 is 0 Å². The van der Waals surface area contributed by atoms with Crippen molar-refractivity contribution in [3.63, 3.8) is 0 Å². The van der Waals surface area contributed by atoms with Crippen LogP contribution < -0.4 is 5.73 Å². The largest absolute Gasteiger partial charge is 0.481 e. The molecular weight excluding hydrogens is 276 g/mol. The van der Waals surface area contributed by atoms with Crippen molar-refractivity contribution in [2.45, 2.75) is 33.4 Å². The lowest BCUT2D eigenvalue weighted by molar-refractivity contribution is -0.135. The molecule has 0 amide bonds. The predicted octanol–water partition coefficient (Wildman–Crippen LogP) is 1.41. The van der Waals surface area contributed by atoms with E-state index < -0.39 is 11.9 Å². The van der Waals surface area contributed by atoms with E-state index in [1.165, 1.54) is 5.06 Å². The number of carbonyl (C=O) groups is 2. The lowest BCUT2D eigenvalue weighted by Gasteiger charge is -2.20. The van der Waals surface area contributed by atoms with Crippen LogP contribution in [-0.2, 0) is 16.1 Å².